The lowest BCUT2D eigenvalue weighted by Crippen LogP contribution is -2.07. The first-order chi connectivity index (χ1) is 8.87. The van der Waals surface area contributed by atoms with E-state index in [4.69, 9.17) is 27.9 Å². The van der Waals surface area contributed by atoms with Crippen molar-refractivity contribution in [3.63, 3.8) is 0 Å². The van der Waals surface area contributed by atoms with E-state index in [0.717, 1.165) is 5.56 Å². The first kappa shape index (κ1) is 14.4. The largest absolute Gasteiger partial charge is 0.469 e. The van der Waals surface area contributed by atoms with Gasteiger partial charge >= 0.3 is 5.97 Å². The van der Waals surface area contributed by atoms with E-state index in [-0.39, 0.29) is 23.2 Å². The Labute approximate surface area is 123 Å². The monoisotopic (exact) mass is 298 g/mol. The van der Waals surface area contributed by atoms with E-state index in [1.165, 1.54) is 7.11 Å². The number of ether oxygens (including phenoxy) is 1. The Morgan fingerprint density at radius 3 is 2.42 bits per heavy atom. The zero-order chi connectivity index (χ0) is 14.2. The fourth-order valence-corrected chi connectivity index (χ4v) is 2.82. The second kappa shape index (κ2) is 5.18. The SMILES string of the molecule is COC(=O)C1C(/C=C(\Cl)c2ccc(Cl)cc2)C1(C)C. The summed E-state index contributed by atoms with van der Waals surface area (Å²) in [5, 5.41) is 1.31. The van der Waals surface area contributed by atoms with E-state index in [1.54, 1.807) is 12.1 Å². The molecule has 0 heterocycles. The van der Waals surface area contributed by atoms with E-state index in [1.807, 2.05) is 32.1 Å². The van der Waals surface area contributed by atoms with Gasteiger partial charge in [0.25, 0.3) is 0 Å². The molecule has 1 aromatic carbocycles. The number of carbonyl (C=O) groups excluding carboxylic acids is 1. The lowest BCUT2D eigenvalue weighted by Gasteiger charge is -2.01. The lowest BCUT2D eigenvalue weighted by molar-refractivity contribution is -0.143. The number of methoxy groups -OCH3 is 1. The summed E-state index contributed by atoms with van der Waals surface area (Å²) >= 11 is 12.1. The van der Waals surface area contributed by atoms with Gasteiger partial charge in [-0.2, -0.15) is 0 Å². The molecule has 0 amide bonds. The average Bonchev–Trinajstić information content (AvgIpc) is 2.90. The molecule has 0 aliphatic heterocycles. The number of carbonyl (C=O) groups is 1. The van der Waals surface area contributed by atoms with Crippen LogP contribution in [0, 0.1) is 17.3 Å². The molecule has 0 aromatic heterocycles. The molecule has 0 spiro atoms. The normalized spacial score (nSPS) is 25.0. The number of hydrogen-bond donors (Lipinski definition) is 0. The van der Waals surface area contributed by atoms with Crippen molar-refractivity contribution in [1.29, 1.82) is 0 Å². The summed E-state index contributed by atoms with van der Waals surface area (Å²) < 4.78 is 4.81. The fraction of sp³-hybridized carbons (Fsp3) is 0.400. The smallest absolute Gasteiger partial charge is 0.309 e. The number of halogens is 2. The van der Waals surface area contributed by atoms with E-state index in [9.17, 15) is 4.79 Å². The molecule has 0 radical (unpaired) electrons. The Morgan fingerprint density at radius 1 is 1.32 bits per heavy atom. The Balaban J connectivity index is 2.18. The second-order valence-corrected chi connectivity index (χ2v) is 6.21. The third-order valence-corrected chi connectivity index (χ3v) is 4.41. The summed E-state index contributed by atoms with van der Waals surface area (Å²) in [7, 11) is 1.41. The number of hydrogen-bond acceptors (Lipinski definition) is 2. The van der Waals surface area contributed by atoms with Crippen molar-refractivity contribution in [1.82, 2.24) is 0 Å². The quantitative estimate of drug-likeness (QED) is 0.775. The van der Waals surface area contributed by atoms with Gasteiger partial charge in [-0.15, -0.1) is 0 Å². The third-order valence-electron chi connectivity index (χ3n) is 3.81. The van der Waals surface area contributed by atoms with E-state index in [0.29, 0.717) is 10.1 Å². The minimum Gasteiger partial charge on any atom is -0.469 e. The Morgan fingerprint density at radius 2 is 1.89 bits per heavy atom. The molecule has 1 fully saturated rings. The van der Waals surface area contributed by atoms with E-state index >= 15 is 0 Å². The Hall–Kier alpha value is -0.990. The van der Waals surface area contributed by atoms with Crippen LogP contribution in [-0.4, -0.2) is 13.1 Å². The van der Waals surface area contributed by atoms with Crippen molar-refractivity contribution in [3.05, 3.63) is 40.9 Å². The van der Waals surface area contributed by atoms with Gasteiger partial charge in [-0.1, -0.05) is 55.3 Å². The van der Waals surface area contributed by atoms with Crippen LogP contribution in [0.3, 0.4) is 0 Å². The predicted octanol–water partition coefficient (Wildman–Crippen LogP) is 4.36. The molecule has 2 nitrogen and oxygen atoms in total. The summed E-state index contributed by atoms with van der Waals surface area (Å²) in [6.07, 6.45) is 1.94. The molecular formula is C15H16Cl2O2. The minimum atomic E-state index is -0.174. The zero-order valence-electron chi connectivity index (χ0n) is 11.1. The van der Waals surface area contributed by atoms with Crippen molar-refractivity contribution in [2.24, 2.45) is 17.3 Å². The van der Waals surface area contributed by atoms with Gasteiger partial charge in [-0.25, -0.2) is 0 Å². The topological polar surface area (TPSA) is 26.3 Å². The van der Waals surface area contributed by atoms with Crippen molar-refractivity contribution < 1.29 is 9.53 Å². The Kier molecular flexibility index (Phi) is 3.93. The van der Waals surface area contributed by atoms with Crippen LogP contribution in [0.2, 0.25) is 5.02 Å². The van der Waals surface area contributed by atoms with Gasteiger partial charge in [0.1, 0.15) is 0 Å². The highest BCUT2D eigenvalue weighted by atomic mass is 35.5. The van der Waals surface area contributed by atoms with E-state index in [2.05, 4.69) is 0 Å². The van der Waals surface area contributed by atoms with Crippen molar-refractivity contribution in [2.45, 2.75) is 13.8 Å². The van der Waals surface area contributed by atoms with Crippen molar-refractivity contribution in [2.75, 3.05) is 7.11 Å². The molecule has 0 N–H and O–H groups in total. The molecule has 1 saturated carbocycles. The molecule has 2 rings (SSSR count). The molecule has 1 aromatic rings. The first-order valence-electron chi connectivity index (χ1n) is 6.09. The van der Waals surface area contributed by atoms with Gasteiger partial charge in [-0.3, -0.25) is 4.79 Å². The maximum atomic E-state index is 11.7. The molecule has 0 saturated heterocycles. The van der Waals surface area contributed by atoms with E-state index < -0.39 is 0 Å². The number of rotatable bonds is 3. The van der Waals surface area contributed by atoms with Crippen molar-refractivity contribution in [3.8, 4) is 0 Å². The highest BCUT2D eigenvalue weighted by Gasteiger charge is 2.61. The van der Waals surface area contributed by atoms with Crippen LogP contribution < -0.4 is 0 Å². The average molecular weight is 299 g/mol. The van der Waals surface area contributed by atoms with Crippen LogP contribution >= 0.6 is 23.2 Å². The van der Waals surface area contributed by atoms with Crippen LogP contribution in [0.1, 0.15) is 19.4 Å². The van der Waals surface area contributed by atoms with Crippen LogP contribution in [0.25, 0.3) is 5.03 Å². The fourth-order valence-electron chi connectivity index (χ4n) is 2.43. The molecule has 1 aliphatic carbocycles. The molecule has 2 unspecified atom stereocenters. The highest BCUT2D eigenvalue weighted by molar-refractivity contribution is 6.48. The lowest BCUT2D eigenvalue weighted by atomic mass is 10.1. The predicted molar refractivity (Wildman–Crippen MR) is 78.1 cm³/mol. The molecule has 2 atom stereocenters. The van der Waals surface area contributed by atoms with Crippen LogP contribution in [0.4, 0.5) is 0 Å². The highest BCUT2D eigenvalue weighted by Crippen LogP contribution is 2.60. The summed E-state index contributed by atoms with van der Waals surface area (Å²) in [5.74, 6) is -0.173. The number of allylic oxidation sites excluding steroid dienone is 1. The van der Waals surface area contributed by atoms with Crippen molar-refractivity contribution >= 4 is 34.2 Å². The van der Waals surface area contributed by atoms with Gasteiger partial charge in [0.05, 0.1) is 13.0 Å². The standard InChI is InChI=1S/C15H16Cl2O2/c1-15(2)11(13(15)14(18)19-3)8-12(17)9-4-6-10(16)7-5-9/h4-8,11,13H,1-3H3/b12-8-. The van der Waals surface area contributed by atoms with Gasteiger partial charge < -0.3 is 4.74 Å². The van der Waals surface area contributed by atoms with Gasteiger partial charge in [-0.05, 0) is 29.0 Å². The maximum Gasteiger partial charge on any atom is 0.309 e. The van der Waals surface area contributed by atoms with Crippen LogP contribution in [0.15, 0.2) is 30.3 Å². The molecule has 1 aliphatic rings. The minimum absolute atomic E-state index is 0.0976. The molecule has 0 bridgehead atoms. The number of benzene rings is 1. The molecule has 4 heteroatoms. The van der Waals surface area contributed by atoms with Gasteiger partial charge in [0.2, 0.25) is 0 Å². The molecule has 102 valence electrons. The maximum absolute atomic E-state index is 11.7. The molecule has 19 heavy (non-hydrogen) atoms. The van der Waals surface area contributed by atoms with Crippen LogP contribution in [-0.2, 0) is 9.53 Å². The summed E-state index contributed by atoms with van der Waals surface area (Å²) in [4.78, 5) is 11.7. The van der Waals surface area contributed by atoms with Gasteiger partial charge in [0.15, 0.2) is 0 Å². The summed E-state index contributed by atoms with van der Waals surface area (Å²) in [6.45, 7) is 4.09. The number of esters is 1. The molecular weight excluding hydrogens is 283 g/mol. The second-order valence-electron chi connectivity index (χ2n) is 5.37. The first-order valence-corrected chi connectivity index (χ1v) is 6.84. The Bertz CT molecular complexity index is 517. The van der Waals surface area contributed by atoms with Gasteiger partial charge in [0, 0.05) is 10.1 Å². The van der Waals surface area contributed by atoms with Crippen LogP contribution in [0.5, 0.6) is 0 Å². The zero-order valence-corrected chi connectivity index (χ0v) is 12.6. The summed E-state index contributed by atoms with van der Waals surface area (Å²) in [5.41, 5.74) is 0.803. The summed E-state index contributed by atoms with van der Waals surface area (Å²) in [6, 6.07) is 7.32. The third kappa shape index (κ3) is 2.80.